The van der Waals surface area contributed by atoms with Crippen molar-refractivity contribution in [1.29, 1.82) is 0 Å². The minimum absolute atomic E-state index is 0.232. The zero-order valence-corrected chi connectivity index (χ0v) is 9.40. The number of amides is 1. The second-order valence-electron chi connectivity index (χ2n) is 3.29. The minimum atomic E-state index is -0.556. The Labute approximate surface area is 93.2 Å². The molecule has 1 amide bonds. The number of carbonyl (C=O) groups is 1. The molecule has 0 saturated carbocycles. The van der Waals surface area contributed by atoms with Crippen LogP contribution < -0.4 is 10.9 Å². The van der Waals surface area contributed by atoms with Crippen LogP contribution in [0.15, 0.2) is 16.9 Å². The molecule has 0 unspecified atom stereocenters. The zero-order valence-electron chi connectivity index (χ0n) is 9.40. The molecule has 1 N–H and O–H groups in total. The quantitative estimate of drug-likeness (QED) is 0.779. The highest BCUT2D eigenvalue weighted by Crippen LogP contribution is 1.98. The molecular formula is C10H15N3O3. The maximum atomic E-state index is 11.2. The van der Waals surface area contributed by atoms with E-state index in [1.807, 2.05) is 6.92 Å². The van der Waals surface area contributed by atoms with E-state index >= 15 is 0 Å². The maximum Gasteiger partial charge on any atom is 0.412 e. The third-order valence-corrected chi connectivity index (χ3v) is 1.92. The van der Waals surface area contributed by atoms with Gasteiger partial charge < -0.3 is 4.74 Å². The number of hydrogen-bond acceptors (Lipinski definition) is 4. The average molecular weight is 225 g/mol. The van der Waals surface area contributed by atoms with E-state index in [4.69, 9.17) is 4.74 Å². The Bertz CT molecular complexity index is 414. The van der Waals surface area contributed by atoms with Gasteiger partial charge in [0.1, 0.15) is 0 Å². The van der Waals surface area contributed by atoms with Gasteiger partial charge in [-0.1, -0.05) is 13.3 Å². The predicted octanol–water partition coefficient (Wildman–Crippen LogP) is 1.13. The van der Waals surface area contributed by atoms with Crippen molar-refractivity contribution in [2.75, 3.05) is 11.9 Å². The van der Waals surface area contributed by atoms with Crippen LogP contribution in [0.1, 0.15) is 19.8 Å². The minimum Gasteiger partial charge on any atom is -0.449 e. The molecule has 1 heterocycles. The Morgan fingerprint density at radius 1 is 1.56 bits per heavy atom. The lowest BCUT2D eigenvalue weighted by atomic mass is 10.4. The van der Waals surface area contributed by atoms with Crippen molar-refractivity contribution >= 4 is 11.9 Å². The number of rotatable bonds is 4. The molecule has 0 aliphatic carbocycles. The molecule has 6 heteroatoms. The number of carbonyl (C=O) groups excluding carboxylic acids is 1. The molecule has 0 saturated heterocycles. The standard InChI is InChI=1S/C10H15N3O3/c1-3-4-7-16-10(15)11-8-5-6-9(14)13(2)12-8/h5-6H,3-4,7H2,1-2H3,(H,11,12,15). The zero-order chi connectivity index (χ0) is 12.0. The first-order valence-corrected chi connectivity index (χ1v) is 5.11. The van der Waals surface area contributed by atoms with E-state index < -0.39 is 6.09 Å². The predicted molar refractivity (Wildman–Crippen MR) is 59.4 cm³/mol. The lowest BCUT2D eigenvalue weighted by Crippen LogP contribution is -2.22. The van der Waals surface area contributed by atoms with Crippen LogP contribution in [0.2, 0.25) is 0 Å². The van der Waals surface area contributed by atoms with Crippen LogP contribution in [-0.4, -0.2) is 22.5 Å². The summed E-state index contributed by atoms with van der Waals surface area (Å²) in [6.45, 7) is 2.39. The fourth-order valence-corrected chi connectivity index (χ4v) is 1.02. The highest BCUT2D eigenvalue weighted by molar-refractivity contribution is 5.83. The number of unbranched alkanes of at least 4 members (excludes halogenated alkanes) is 1. The largest absolute Gasteiger partial charge is 0.449 e. The molecule has 1 rings (SSSR count). The summed E-state index contributed by atoms with van der Waals surface area (Å²) in [7, 11) is 1.51. The summed E-state index contributed by atoms with van der Waals surface area (Å²) in [5.74, 6) is 0.295. The normalized spacial score (nSPS) is 9.88. The van der Waals surface area contributed by atoms with Gasteiger partial charge in [0.25, 0.3) is 5.56 Å². The Morgan fingerprint density at radius 3 is 2.94 bits per heavy atom. The topological polar surface area (TPSA) is 73.2 Å². The van der Waals surface area contributed by atoms with Gasteiger partial charge in [-0.2, -0.15) is 5.10 Å². The maximum absolute atomic E-state index is 11.2. The van der Waals surface area contributed by atoms with Crippen molar-refractivity contribution in [2.24, 2.45) is 7.05 Å². The Balaban J connectivity index is 2.50. The van der Waals surface area contributed by atoms with E-state index in [1.165, 1.54) is 19.2 Å². The summed E-state index contributed by atoms with van der Waals surface area (Å²) in [6.07, 6.45) is 1.24. The Kier molecular flexibility index (Phi) is 4.50. The summed E-state index contributed by atoms with van der Waals surface area (Å²) in [6, 6.07) is 2.76. The van der Waals surface area contributed by atoms with Gasteiger partial charge in [-0.05, 0) is 12.5 Å². The van der Waals surface area contributed by atoms with Gasteiger partial charge in [0, 0.05) is 13.1 Å². The van der Waals surface area contributed by atoms with Crippen LogP contribution in [-0.2, 0) is 11.8 Å². The van der Waals surface area contributed by atoms with E-state index in [0.717, 1.165) is 17.5 Å². The third kappa shape index (κ3) is 3.72. The summed E-state index contributed by atoms with van der Waals surface area (Å²) in [5, 5.41) is 6.27. The van der Waals surface area contributed by atoms with E-state index in [0.29, 0.717) is 12.4 Å². The SMILES string of the molecule is CCCCOC(=O)Nc1ccc(=O)n(C)n1. The van der Waals surface area contributed by atoms with Crippen molar-refractivity contribution in [2.45, 2.75) is 19.8 Å². The van der Waals surface area contributed by atoms with Gasteiger partial charge in [-0.15, -0.1) is 0 Å². The number of aryl methyl sites for hydroxylation is 1. The van der Waals surface area contributed by atoms with Crippen molar-refractivity contribution < 1.29 is 9.53 Å². The molecule has 0 radical (unpaired) electrons. The summed E-state index contributed by atoms with van der Waals surface area (Å²) < 4.78 is 6.02. The van der Waals surface area contributed by atoms with Gasteiger partial charge in [0.05, 0.1) is 6.61 Å². The lowest BCUT2D eigenvalue weighted by Gasteiger charge is -2.06. The molecule has 0 fully saturated rings. The highest BCUT2D eigenvalue weighted by Gasteiger charge is 2.04. The molecule has 16 heavy (non-hydrogen) atoms. The number of nitrogens with zero attached hydrogens (tertiary/aromatic N) is 2. The van der Waals surface area contributed by atoms with E-state index in [9.17, 15) is 9.59 Å². The van der Waals surface area contributed by atoms with Crippen LogP contribution >= 0.6 is 0 Å². The van der Waals surface area contributed by atoms with Gasteiger partial charge in [0.15, 0.2) is 5.82 Å². The molecule has 1 aromatic heterocycles. The second kappa shape index (κ2) is 5.89. The van der Waals surface area contributed by atoms with Crippen molar-refractivity contribution in [3.05, 3.63) is 22.5 Å². The first-order valence-electron chi connectivity index (χ1n) is 5.11. The number of anilines is 1. The molecule has 0 aliphatic heterocycles. The number of nitrogens with one attached hydrogen (secondary N) is 1. The molecule has 0 spiro atoms. The highest BCUT2D eigenvalue weighted by atomic mass is 16.5. The van der Waals surface area contributed by atoms with Crippen molar-refractivity contribution in [3.8, 4) is 0 Å². The first-order chi connectivity index (χ1) is 7.63. The Morgan fingerprint density at radius 2 is 2.31 bits per heavy atom. The first kappa shape index (κ1) is 12.2. The third-order valence-electron chi connectivity index (χ3n) is 1.92. The van der Waals surface area contributed by atoms with Gasteiger partial charge >= 0.3 is 6.09 Å². The molecule has 0 atom stereocenters. The molecule has 0 aromatic carbocycles. The van der Waals surface area contributed by atoms with E-state index in [2.05, 4.69) is 10.4 Å². The average Bonchev–Trinajstić information content (AvgIpc) is 2.24. The summed E-state index contributed by atoms with van der Waals surface area (Å²) in [4.78, 5) is 22.2. The number of aromatic nitrogens is 2. The molecule has 6 nitrogen and oxygen atoms in total. The van der Waals surface area contributed by atoms with Gasteiger partial charge in [-0.3, -0.25) is 10.1 Å². The molecule has 1 aromatic rings. The van der Waals surface area contributed by atoms with E-state index in [-0.39, 0.29) is 5.56 Å². The second-order valence-corrected chi connectivity index (χ2v) is 3.29. The van der Waals surface area contributed by atoms with E-state index in [1.54, 1.807) is 0 Å². The van der Waals surface area contributed by atoms with Crippen LogP contribution in [0, 0.1) is 0 Å². The molecule has 0 bridgehead atoms. The fraction of sp³-hybridized carbons (Fsp3) is 0.500. The van der Waals surface area contributed by atoms with Crippen LogP contribution in [0.25, 0.3) is 0 Å². The van der Waals surface area contributed by atoms with Crippen LogP contribution in [0.3, 0.4) is 0 Å². The van der Waals surface area contributed by atoms with Crippen molar-refractivity contribution in [1.82, 2.24) is 9.78 Å². The molecular weight excluding hydrogens is 210 g/mol. The van der Waals surface area contributed by atoms with Gasteiger partial charge in [-0.25, -0.2) is 9.48 Å². The molecule has 0 aliphatic rings. The smallest absolute Gasteiger partial charge is 0.412 e. The van der Waals surface area contributed by atoms with Crippen LogP contribution in [0.4, 0.5) is 10.6 Å². The number of hydrogen-bond donors (Lipinski definition) is 1. The Hall–Kier alpha value is -1.85. The summed E-state index contributed by atoms with van der Waals surface area (Å²) >= 11 is 0. The van der Waals surface area contributed by atoms with Crippen molar-refractivity contribution in [3.63, 3.8) is 0 Å². The van der Waals surface area contributed by atoms with Gasteiger partial charge in [0.2, 0.25) is 0 Å². The summed E-state index contributed by atoms with van der Waals surface area (Å²) in [5.41, 5.74) is -0.232. The fourth-order valence-electron chi connectivity index (χ4n) is 1.02. The number of ether oxygens (including phenoxy) is 1. The molecule has 88 valence electrons. The monoisotopic (exact) mass is 225 g/mol. The lowest BCUT2D eigenvalue weighted by molar-refractivity contribution is 0.159. The van der Waals surface area contributed by atoms with Crippen LogP contribution in [0.5, 0.6) is 0 Å².